The Balaban J connectivity index is 4.39. The Morgan fingerprint density at radius 3 is 2.13 bits per heavy atom. The van der Waals surface area contributed by atoms with Gasteiger partial charge in [0, 0.05) is 6.04 Å². The lowest BCUT2D eigenvalue weighted by molar-refractivity contribution is 0.416. The standard InChI is InChI=1S/C14H27N/c1-8-13(15-9-2)12(5)10-14(6,7)11(3)4/h13,15H,3,5,8-10H2,1-2,4,6-7H3. The first kappa shape index (κ1) is 14.4. The maximum atomic E-state index is 4.21. The number of rotatable bonds is 7. The van der Waals surface area contributed by atoms with Gasteiger partial charge >= 0.3 is 0 Å². The van der Waals surface area contributed by atoms with Crippen LogP contribution in [-0.2, 0) is 0 Å². The van der Waals surface area contributed by atoms with Gasteiger partial charge in [-0.15, -0.1) is 0 Å². The second-order valence-corrected chi connectivity index (χ2v) is 5.02. The highest BCUT2D eigenvalue weighted by Gasteiger charge is 2.22. The molecule has 0 aromatic heterocycles. The van der Waals surface area contributed by atoms with Gasteiger partial charge in [0.1, 0.15) is 0 Å². The van der Waals surface area contributed by atoms with Crippen LogP contribution in [0.5, 0.6) is 0 Å². The van der Waals surface area contributed by atoms with Crippen molar-refractivity contribution in [3.63, 3.8) is 0 Å². The van der Waals surface area contributed by atoms with Crippen LogP contribution in [0.3, 0.4) is 0 Å². The van der Waals surface area contributed by atoms with Gasteiger partial charge in [-0.2, -0.15) is 0 Å². The van der Waals surface area contributed by atoms with E-state index in [0.717, 1.165) is 19.4 Å². The molecule has 0 fully saturated rings. The number of hydrogen-bond donors (Lipinski definition) is 1. The first-order valence-corrected chi connectivity index (χ1v) is 5.92. The van der Waals surface area contributed by atoms with Crippen molar-refractivity contribution < 1.29 is 0 Å². The second-order valence-electron chi connectivity index (χ2n) is 5.02. The first-order chi connectivity index (χ1) is 6.85. The molecule has 88 valence electrons. The van der Waals surface area contributed by atoms with Gasteiger partial charge in [-0.3, -0.25) is 0 Å². The molecule has 0 saturated carbocycles. The molecule has 1 N–H and O–H groups in total. The summed E-state index contributed by atoms with van der Waals surface area (Å²) in [4.78, 5) is 0. The molecule has 0 amide bonds. The average Bonchev–Trinajstić information content (AvgIpc) is 2.12. The largest absolute Gasteiger partial charge is 0.311 e. The molecular weight excluding hydrogens is 182 g/mol. The summed E-state index contributed by atoms with van der Waals surface area (Å²) in [6, 6.07) is 0.452. The summed E-state index contributed by atoms with van der Waals surface area (Å²) >= 11 is 0. The van der Waals surface area contributed by atoms with Crippen LogP contribution < -0.4 is 5.32 Å². The molecule has 0 aliphatic heterocycles. The van der Waals surface area contributed by atoms with Crippen molar-refractivity contribution in [2.24, 2.45) is 5.41 Å². The Morgan fingerprint density at radius 1 is 1.27 bits per heavy atom. The van der Waals surface area contributed by atoms with Crippen LogP contribution in [0.25, 0.3) is 0 Å². The summed E-state index contributed by atoms with van der Waals surface area (Å²) < 4.78 is 0. The molecule has 1 unspecified atom stereocenters. The molecule has 0 aliphatic carbocycles. The van der Waals surface area contributed by atoms with E-state index in [2.05, 4.69) is 53.1 Å². The normalized spacial score (nSPS) is 13.7. The van der Waals surface area contributed by atoms with Crippen molar-refractivity contribution in [2.45, 2.75) is 53.5 Å². The van der Waals surface area contributed by atoms with Crippen molar-refractivity contribution in [3.05, 3.63) is 24.3 Å². The van der Waals surface area contributed by atoms with E-state index in [0.29, 0.717) is 6.04 Å². The minimum atomic E-state index is 0.167. The lowest BCUT2D eigenvalue weighted by Crippen LogP contribution is -2.31. The Labute approximate surface area is 95.7 Å². The summed E-state index contributed by atoms with van der Waals surface area (Å²) in [5, 5.41) is 3.46. The highest BCUT2D eigenvalue weighted by molar-refractivity contribution is 5.14. The Bertz CT molecular complexity index is 225. The fourth-order valence-corrected chi connectivity index (χ4v) is 1.67. The number of likely N-dealkylation sites (N-methyl/N-ethyl adjacent to an activating group) is 1. The molecule has 0 rings (SSSR count). The molecule has 1 nitrogen and oxygen atoms in total. The van der Waals surface area contributed by atoms with E-state index in [-0.39, 0.29) is 5.41 Å². The third-order valence-electron chi connectivity index (χ3n) is 3.18. The molecule has 0 aliphatic rings. The quantitative estimate of drug-likeness (QED) is 0.627. The van der Waals surface area contributed by atoms with Crippen molar-refractivity contribution in [3.8, 4) is 0 Å². The van der Waals surface area contributed by atoms with Gasteiger partial charge in [0.05, 0.1) is 0 Å². The van der Waals surface area contributed by atoms with E-state index in [9.17, 15) is 0 Å². The third-order valence-corrected chi connectivity index (χ3v) is 3.18. The number of hydrogen-bond acceptors (Lipinski definition) is 1. The lowest BCUT2D eigenvalue weighted by Gasteiger charge is -2.29. The van der Waals surface area contributed by atoms with Gasteiger partial charge in [-0.1, -0.05) is 52.0 Å². The summed E-state index contributed by atoms with van der Waals surface area (Å²) in [5.41, 5.74) is 2.70. The van der Waals surface area contributed by atoms with Gasteiger partial charge in [-0.25, -0.2) is 0 Å². The van der Waals surface area contributed by atoms with E-state index < -0.39 is 0 Å². The maximum absolute atomic E-state index is 4.21. The fourth-order valence-electron chi connectivity index (χ4n) is 1.67. The molecule has 0 aromatic carbocycles. The Hall–Kier alpha value is -0.560. The van der Waals surface area contributed by atoms with Crippen LogP contribution in [0.4, 0.5) is 0 Å². The van der Waals surface area contributed by atoms with E-state index in [1.807, 2.05) is 0 Å². The zero-order chi connectivity index (χ0) is 12.1. The van der Waals surface area contributed by atoms with Crippen LogP contribution in [-0.4, -0.2) is 12.6 Å². The highest BCUT2D eigenvalue weighted by atomic mass is 14.9. The molecule has 0 heterocycles. The van der Waals surface area contributed by atoms with Crippen LogP contribution in [0.15, 0.2) is 24.3 Å². The monoisotopic (exact) mass is 209 g/mol. The Kier molecular flexibility index (Phi) is 5.89. The summed E-state index contributed by atoms with van der Waals surface area (Å²) in [6.07, 6.45) is 2.13. The predicted molar refractivity (Wildman–Crippen MR) is 70.1 cm³/mol. The second kappa shape index (κ2) is 6.12. The van der Waals surface area contributed by atoms with Crippen molar-refractivity contribution >= 4 is 0 Å². The SMILES string of the molecule is C=C(CC(C)(C)C(=C)C)C(CC)NCC. The zero-order valence-corrected chi connectivity index (χ0v) is 11.1. The van der Waals surface area contributed by atoms with Crippen LogP contribution in [0.1, 0.15) is 47.5 Å². The molecule has 0 saturated heterocycles. The van der Waals surface area contributed by atoms with E-state index >= 15 is 0 Å². The van der Waals surface area contributed by atoms with Crippen LogP contribution in [0.2, 0.25) is 0 Å². The Morgan fingerprint density at radius 2 is 1.80 bits per heavy atom. The number of nitrogens with one attached hydrogen (secondary N) is 1. The summed E-state index contributed by atoms with van der Waals surface area (Å²) in [5.74, 6) is 0. The van der Waals surface area contributed by atoms with Crippen molar-refractivity contribution in [1.29, 1.82) is 0 Å². The molecular formula is C14H27N. The van der Waals surface area contributed by atoms with Gasteiger partial charge < -0.3 is 5.32 Å². The van der Waals surface area contributed by atoms with Crippen LogP contribution >= 0.6 is 0 Å². The van der Waals surface area contributed by atoms with Crippen LogP contribution in [0, 0.1) is 5.41 Å². The lowest BCUT2D eigenvalue weighted by atomic mass is 9.78. The van der Waals surface area contributed by atoms with Crippen molar-refractivity contribution in [2.75, 3.05) is 6.54 Å². The molecule has 0 spiro atoms. The summed E-state index contributed by atoms with van der Waals surface area (Å²) in [7, 11) is 0. The molecule has 15 heavy (non-hydrogen) atoms. The minimum absolute atomic E-state index is 0.167. The number of allylic oxidation sites excluding steroid dienone is 1. The van der Waals surface area contributed by atoms with Gasteiger partial charge in [0.15, 0.2) is 0 Å². The molecule has 0 bridgehead atoms. The van der Waals surface area contributed by atoms with Gasteiger partial charge in [0.2, 0.25) is 0 Å². The highest BCUT2D eigenvalue weighted by Crippen LogP contribution is 2.32. The fraction of sp³-hybridized carbons (Fsp3) is 0.714. The van der Waals surface area contributed by atoms with Gasteiger partial charge in [-0.05, 0) is 31.7 Å². The predicted octanol–water partition coefficient (Wildman–Crippen LogP) is 3.92. The summed E-state index contributed by atoms with van der Waals surface area (Å²) in [6.45, 7) is 20.2. The molecule has 0 aromatic rings. The minimum Gasteiger partial charge on any atom is -0.311 e. The van der Waals surface area contributed by atoms with Gasteiger partial charge in [0.25, 0.3) is 0 Å². The average molecular weight is 209 g/mol. The van der Waals surface area contributed by atoms with E-state index in [1.54, 1.807) is 0 Å². The smallest absolute Gasteiger partial charge is 0.0274 e. The topological polar surface area (TPSA) is 12.0 Å². The van der Waals surface area contributed by atoms with E-state index in [4.69, 9.17) is 0 Å². The maximum Gasteiger partial charge on any atom is 0.0274 e. The third kappa shape index (κ3) is 4.65. The zero-order valence-electron chi connectivity index (χ0n) is 11.1. The van der Waals surface area contributed by atoms with E-state index in [1.165, 1.54) is 11.1 Å². The van der Waals surface area contributed by atoms with Crippen molar-refractivity contribution in [1.82, 2.24) is 5.32 Å². The molecule has 1 heteroatoms. The first-order valence-electron chi connectivity index (χ1n) is 5.92. The molecule has 0 radical (unpaired) electrons. The molecule has 1 atom stereocenters.